The van der Waals surface area contributed by atoms with Gasteiger partial charge in [0, 0.05) is 28.6 Å². The molecule has 2 nitrogen and oxygen atoms in total. The van der Waals surface area contributed by atoms with Crippen molar-refractivity contribution in [1.29, 1.82) is 0 Å². The smallest absolute Gasteiger partial charge is 0.0314 e. The maximum Gasteiger partial charge on any atom is 0.0314 e. The molecule has 0 radical (unpaired) electrons. The van der Waals surface area contributed by atoms with Gasteiger partial charge < -0.3 is 11.5 Å². The van der Waals surface area contributed by atoms with Crippen LogP contribution in [0.25, 0.3) is 0 Å². The highest BCUT2D eigenvalue weighted by Gasteiger charge is 2.38. The molecule has 1 aliphatic rings. The molecule has 60 heavy (non-hydrogen) atoms. The second kappa shape index (κ2) is 26.7. The van der Waals surface area contributed by atoms with Crippen molar-refractivity contribution in [2.45, 2.75) is 211 Å². The van der Waals surface area contributed by atoms with Crippen LogP contribution < -0.4 is 11.5 Å². The van der Waals surface area contributed by atoms with E-state index in [2.05, 4.69) is 118 Å². The molecule has 2 unspecified atom stereocenters. The molecule has 4 aromatic rings. The first-order valence-corrected chi connectivity index (χ1v) is 25.4. The van der Waals surface area contributed by atoms with E-state index >= 15 is 0 Å². The van der Waals surface area contributed by atoms with Gasteiger partial charge in [0.25, 0.3) is 0 Å². The van der Waals surface area contributed by atoms with E-state index in [1.807, 2.05) is 0 Å². The topological polar surface area (TPSA) is 52.0 Å². The third-order valence-corrected chi connectivity index (χ3v) is 14.5. The van der Waals surface area contributed by atoms with Crippen LogP contribution in [-0.2, 0) is 5.41 Å². The highest BCUT2D eigenvalue weighted by atomic mass is 14.5. The Balaban J connectivity index is 1.33. The van der Waals surface area contributed by atoms with Crippen molar-refractivity contribution in [3.63, 3.8) is 0 Å². The summed E-state index contributed by atoms with van der Waals surface area (Å²) in [6.45, 7) is 6.95. The van der Waals surface area contributed by atoms with Gasteiger partial charge in [-0.15, -0.1) is 0 Å². The van der Waals surface area contributed by atoms with Gasteiger partial charge in [0.15, 0.2) is 0 Å². The van der Waals surface area contributed by atoms with Crippen molar-refractivity contribution in [2.75, 3.05) is 11.5 Å². The Hall–Kier alpha value is -3.52. The Morgan fingerprint density at radius 2 is 0.700 bits per heavy atom. The molecular formula is C58H86N2. The Morgan fingerprint density at radius 1 is 0.400 bits per heavy atom. The quantitative estimate of drug-likeness (QED) is 0.0424. The van der Waals surface area contributed by atoms with Crippen LogP contribution in [0.2, 0.25) is 0 Å². The Labute approximate surface area is 369 Å². The zero-order valence-corrected chi connectivity index (χ0v) is 38.7. The van der Waals surface area contributed by atoms with Crippen molar-refractivity contribution in [1.82, 2.24) is 0 Å². The van der Waals surface area contributed by atoms with Crippen LogP contribution in [0.15, 0.2) is 97.1 Å². The minimum absolute atomic E-state index is 0.0570. The molecule has 0 amide bonds. The molecule has 1 saturated carbocycles. The van der Waals surface area contributed by atoms with E-state index in [-0.39, 0.29) is 5.41 Å². The summed E-state index contributed by atoms with van der Waals surface area (Å²) in [5.74, 6) is 1.66. The van der Waals surface area contributed by atoms with Gasteiger partial charge in [-0.1, -0.05) is 228 Å². The fourth-order valence-corrected chi connectivity index (χ4v) is 10.6. The van der Waals surface area contributed by atoms with Gasteiger partial charge in [-0.2, -0.15) is 0 Å². The average Bonchev–Trinajstić information content (AvgIpc) is 3.28. The summed E-state index contributed by atoms with van der Waals surface area (Å²) in [5, 5.41) is 0. The van der Waals surface area contributed by atoms with Crippen molar-refractivity contribution in [3.05, 3.63) is 130 Å². The standard InChI is InChI=1S/C58H86N2/c1-4-7-10-12-14-16-18-20-22-25-56(50-31-39-54(59)40-32-50)48-27-35-52(36-28-48)58(45-43-47(44-46-58)24-9-6-3)53-37-29-49(30-38-53)57(51-33-41-55(60)42-34-51)26-23-21-19-17-15-13-11-8-5-2/h27-42,47,56-57H,4-26,43-46,59-60H2,1-3H3. The number of nitrogens with two attached hydrogens (primary N) is 2. The van der Waals surface area contributed by atoms with E-state index in [4.69, 9.17) is 11.5 Å². The minimum Gasteiger partial charge on any atom is -0.399 e. The Kier molecular flexibility index (Phi) is 21.2. The normalized spacial score (nSPS) is 17.8. The maximum atomic E-state index is 6.18. The predicted octanol–water partition coefficient (Wildman–Crippen LogP) is 17.6. The fraction of sp³-hybridized carbons (Fsp3) is 0.586. The fourth-order valence-electron chi connectivity index (χ4n) is 10.6. The molecule has 0 aliphatic heterocycles. The summed E-state index contributed by atoms with van der Waals surface area (Å²) in [4.78, 5) is 0. The molecule has 1 fully saturated rings. The summed E-state index contributed by atoms with van der Waals surface area (Å²) in [7, 11) is 0. The molecule has 1 aliphatic carbocycles. The van der Waals surface area contributed by atoms with E-state index in [1.165, 1.54) is 207 Å². The van der Waals surface area contributed by atoms with Crippen LogP contribution in [0.3, 0.4) is 0 Å². The second-order valence-corrected chi connectivity index (χ2v) is 19.1. The third-order valence-electron chi connectivity index (χ3n) is 14.5. The molecular weight excluding hydrogens is 725 g/mol. The van der Waals surface area contributed by atoms with Gasteiger partial charge in [-0.3, -0.25) is 0 Å². The summed E-state index contributed by atoms with van der Waals surface area (Å²) in [6.07, 6.45) is 36.1. The number of rotatable bonds is 29. The molecule has 0 bridgehead atoms. The molecule has 0 saturated heterocycles. The Bertz CT molecular complexity index is 1560. The average molecular weight is 811 g/mol. The lowest BCUT2D eigenvalue weighted by atomic mass is 9.62. The lowest BCUT2D eigenvalue weighted by molar-refractivity contribution is 0.251. The third kappa shape index (κ3) is 14.8. The van der Waals surface area contributed by atoms with E-state index in [0.29, 0.717) is 11.8 Å². The lowest BCUT2D eigenvalue weighted by Crippen LogP contribution is -2.33. The van der Waals surface area contributed by atoms with Gasteiger partial charge in [-0.05, 0) is 102 Å². The number of nitrogen functional groups attached to an aromatic ring is 2. The molecule has 4 N–H and O–H groups in total. The van der Waals surface area contributed by atoms with Gasteiger partial charge in [0.2, 0.25) is 0 Å². The lowest BCUT2D eigenvalue weighted by Gasteiger charge is -2.42. The van der Waals surface area contributed by atoms with Gasteiger partial charge >= 0.3 is 0 Å². The largest absolute Gasteiger partial charge is 0.399 e. The number of unbranched alkanes of at least 4 members (excludes halogenated alkanes) is 17. The first-order valence-electron chi connectivity index (χ1n) is 25.4. The van der Waals surface area contributed by atoms with Crippen molar-refractivity contribution in [3.8, 4) is 0 Å². The molecule has 328 valence electrons. The monoisotopic (exact) mass is 811 g/mol. The summed E-state index contributed by atoms with van der Waals surface area (Å²) in [5.41, 5.74) is 22.8. The number of hydrogen-bond donors (Lipinski definition) is 2. The highest BCUT2D eigenvalue weighted by molar-refractivity contribution is 5.47. The molecule has 0 spiro atoms. The van der Waals surface area contributed by atoms with Crippen LogP contribution in [-0.4, -0.2) is 0 Å². The first-order chi connectivity index (χ1) is 29.5. The van der Waals surface area contributed by atoms with Crippen molar-refractivity contribution < 1.29 is 0 Å². The second-order valence-electron chi connectivity index (χ2n) is 19.1. The van der Waals surface area contributed by atoms with E-state index in [1.54, 1.807) is 0 Å². The number of anilines is 2. The maximum absolute atomic E-state index is 6.18. The number of hydrogen-bond acceptors (Lipinski definition) is 2. The van der Waals surface area contributed by atoms with Crippen molar-refractivity contribution >= 4 is 11.4 Å². The van der Waals surface area contributed by atoms with Gasteiger partial charge in [0.1, 0.15) is 0 Å². The first kappa shape index (κ1) is 47.5. The molecule has 4 aromatic carbocycles. The van der Waals surface area contributed by atoms with Crippen LogP contribution in [0.5, 0.6) is 0 Å². The highest BCUT2D eigenvalue weighted by Crippen LogP contribution is 2.48. The van der Waals surface area contributed by atoms with Gasteiger partial charge in [0.05, 0.1) is 0 Å². The van der Waals surface area contributed by atoms with Crippen molar-refractivity contribution in [2.24, 2.45) is 5.92 Å². The molecule has 2 atom stereocenters. The molecule has 2 heteroatoms. The van der Waals surface area contributed by atoms with Crippen LogP contribution in [0, 0.1) is 5.92 Å². The van der Waals surface area contributed by atoms with Gasteiger partial charge in [-0.25, -0.2) is 0 Å². The summed E-state index contributed by atoms with van der Waals surface area (Å²) in [6, 6.07) is 37.5. The molecule has 0 heterocycles. The summed E-state index contributed by atoms with van der Waals surface area (Å²) < 4.78 is 0. The van der Waals surface area contributed by atoms with E-state index < -0.39 is 0 Å². The van der Waals surface area contributed by atoms with Crippen LogP contribution in [0.1, 0.15) is 239 Å². The predicted molar refractivity (Wildman–Crippen MR) is 264 cm³/mol. The summed E-state index contributed by atoms with van der Waals surface area (Å²) >= 11 is 0. The molecule has 5 rings (SSSR count). The number of benzene rings is 4. The zero-order chi connectivity index (χ0) is 42.3. The Morgan fingerprint density at radius 3 is 1.03 bits per heavy atom. The molecule has 0 aromatic heterocycles. The zero-order valence-electron chi connectivity index (χ0n) is 38.7. The SMILES string of the molecule is CCCCCCCCCCCC(c1ccc(N)cc1)c1ccc(C2(c3ccc(C(CCCCCCCCCCC)c4ccc(N)cc4)cc3)CCC(CCCC)CC2)cc1. The van der Waals surface area contributed by atoms with E-state index in [9.17, 15) is 0 Å². The van der Waals surface area contributed by atoms with E-state index in [0.717, 1.165) is 17.3 Å². The minimum atomic E-state index is 0.0570. The van der Waals surface area contributed by atoms with Crippen LogP contribution >= 0.6 is 0 Å². The van der Waals surface area contributed by atoms with Crippen LogP contribution in [0.4, 0.5) is 11.4 Å².